The van der Waals surface area contributed by atoms with Crippen molar-refractivity contribution in [3.8, 4) is 128 Å². The third kappa shape index (κ3) is 15.3. The quantitative estimate of drug-likeness (QED) is 0.114. The smallest absolute Gasteiger partial charge is 0.0701 e. The van der Waals surface area contributed by atoms with Gasteiger partial charge in [-0.1, -0.05) is 357 Å². The van der Waals surface area contributed by atoms with Crippen LogP contribution in [0.5, 0.6) is 0 Å². The van der Waals surface area contributed by atoms with Crippen LogP contribution in [0.1, 0.15) is 86.8 Å². The van der Waals surface area contributed by atoms with Gasteiger partial charge in [0.2, 0.25) is 0 Å². The van der Waals surface area contributed by atoms with Gasteiger partial charge in [-0.05, 0) is 280 Å². The summed E-state index contributed by atoms with van der Waals surface area (Å²) in [5, 5.41) is 10.1. The van der Waals surface area contributed by atoms with Gasteiger partial charge in [0, 0.05) is 111 Å². The normalized spacial score (nSPS) is 15.7. The van der Waals surface area contributed by atoms with Crippen molar-refractivity contribution in [3.63, 3.8) is 0 Å². The molecule has 4 unspecified atom stereocenters. The van der Waals surface area contributed by atoms with E-state index in [1.54, 1.807) is 0 Å². The van der Waals surface area contributed by atoms with Gasteiger partial charge in [-0.25, -0.2) is 0 Å². The monoisotopic (exact) mass is 1750 g/mol. The Morgan fingerprint density at radius 2 is 0.635 bits per heavy atom. The summed E-state index contributed by atoms with van der Waals surface area (Å²) in [4.78, 5) is 22.4. The number of hydrogen-bond donors (Lipinski definition) is 0. The molecule has 6 aliphatic rings. The van der Waals surface area contributed by atoms with Crippen molar-refractivity contribution >= 4 is 78.4 Å². The van der Waals surface area contributed by atoms with Crippen molar-refractivity contribution in [2.24, 2.45) is 22.7 Å². The first kappa shape index (κ1) is 83.4. The van der Waals surface area contributed by atoms with E-state index in [0.717, 1.165) is 56.0 Å². The maximum atomic E-state index is 4.61. The van der Waals surface area contributed by atoms with Crippen molar-refractivity contribution in [2.45, 2.75) is 53.4 Å². The molecule has 0 amide bonds. The van der Waals surface area contributed by atoms with Crippen molar-refractivity contribution < 1.29 is 0 Å². The van der Waals surface area contributed by atoms with Gasteiger partial charge in [0.05, 0.1) is 28.1 Å². The minimum atomic E-state index is 0.0931. The van der Waals surface area contributed by atoms with E-state index in [1.807, 2.05) is 91.9 Å². The second kappa shape index (κ2) is 34.4. The van der Waals surface area contributed by atoms with Crippen LogP contribution in [0.4, 0.5) is 0 Å². The second-order valence-corrected chi connectivity index (χ2v) is 38.9. The molecule has 6 heteroatoms. The topological polar surface area (TPSA) is 69.4 Å². The molecule has 0 bridgehead atoms. The van der Waals surface area contributed by atoms with E-state index in [0.29, 0.717) is 23.7 Å². The van der Waals surface area contributed by atoms with Crippen molar-refractivity contribution in [3.05, 3.63) is 493 Å². The van der Waals surface area contributed by atoms with E-state index in [4.69, 9.17) is 0 Å². The lowest BCUT2D eigenvalue weighted by Gasteiger charge is -2.39. The van der Waals surface area contributed by atoms with Gasteiger partial charge in [0.15, 0.2) is 0 Å². The number of fused-ring (bicyclic) bond motifs is 6. The number of nitrogens with zero attached hydrogens (tertiary/aromatic N) is 6. The molecule has 0 N–H and O–H groups in total. The molecule has 0 radical (unpaired) electrons. The molecule has 6 aliphatic carbocycles. The zero-order chi connectivity index (χ0) is 92.0. The van der Waals surface area contributed by atoms with Gasteiger partial charge in [0.1, 0.15) is 0 Å². The molecule has 137 heavy (non-hydrogen) atoms. The molecule has 0 spiro atoms. The lowest BCUT2D eigenvalue weighted by molar-refractivity contribution is 0.499. The lowest BCUT2D eigenvalue weighted by atomic mass is 9.64. The maximum Gasteiger partial charge on any atom is 0.0701 e. The molecule has 26 rings (SSSR count). The Morgan fingerprint density at radius 1 is 0.255 bits per heavy atom. The number of pyridine rings is 5. The molecule has 652 valence electrons. The second-order valence-electron chi connectivity index (χ2n) is 38.9. The molecular weight excluding hydrogens is 1660 g/mol. The van der Waals surface area contributed by atoms with Crippen LogP contribution in [0.3, 0.4) is 0 Å². The third-order valence-electron chi connectivity index (χ3n) is 28.7. The molecule has 14 aromatic carbocycles. The van der Waals surface area contributed by atoms with Gasteiger partial charge in [-0.3, -0.25) is 24.9 Å². The largest absolute Gasteiger partial charge is 0.309 e. The number of para-hydroxylation sites is 2. The number of aromatic nitrogens is 6. The SMILES string of the molecule is CC(C)(C)C1=CC2C=Cc3c(-c4ccc(-c5ccccn5)cc4)cc(-c4ccc(-c5ccccn5)cc4)c4c3C2C(=C1)C=C4.CC(C)(C)C1=CC2C=Cc3c(-c4cccc(-n5c6ccccc6c6ccccc65)c4)cc(-c4ccc(-c5ccccn5)cc4)c4c3C2C(=C1)C=C4.c1ccc(-c2c3ccccc3c(-c3ccc4cc(-c5cncc(-c6ccncc6)c5)ccc4c3)c3ccccc23)cc1. The van der Waals surface area contributed by atoms with Crippen LogP contribution in [0, 0.1) is 22.7 Å². The third-order valence-corrected chi connectivity index (χ3v) is 28.7. The maximum absolute atomic E-state index is 4.61. The van der Waals surface area contributed by atoms with E-state index in [-0.39, 0.29) is 10.8 Å². The minimum absolute atomic E-state index is 0.0931. The summed E-state index contributed by atoms with van der Waals surface area (Å²) < 4.78 is 2.42. The van der Waals surface area contributed by atoms with E-state index in [2.05, 4.69) is 441 Å². The van der Waals surface area contributed by atoms with Gasteiger partial charge in [0.25, 0.3) is 0 Å². The highest BCUT2D eigenvalue weighted by Crippen LogP contribution is 2.57. The molecule has 6 aromatic heterocycles. The molecule has 0 saturated carbocycles. The van der Waals surface area contributed by atoms with Gasteiger partial charge < -0.3 is 4.57 Å². The number of benzene rings is 14. The van der Waals surface area contributed by atoms with E-state index in [9.17, 15) is 0 Å². The zero-order valence-corrected chi connectivity index (χ0v) is 77.4. The van der Waals surface area contributed by atoms with E-state index < -0.39 is 0 Å². The molecule has 0 fully saturated rings. The van der Waals surface area contributed by atoms with Crippen LogP contribution in [0.15, 0.2) is 460 Å². The fourth-order valence-electron chi connectivity index (χ4n) is 21.9. The average molecular weight is 1760 g/mol. The Kier molecular flexibility index (Phi) is 21.0. The van der Waals surface area contributed by atoms with Gasteiger partial charge >= 0.3 is 0 Å². The molecule has 0 saturated heterocycles. The summed E-state index contributed by atoms with van der Waals surface area (Å²) in [7, 11) is 0. The lowest BCUT2D eigenvalue weighted by Crippen LogP contribution is -2.25. The van der Waals surface area contributed by atoms with Crippen LogP contribution < -0.4 is 0 Å². The number of rotatable bonds is 12. The minimum Gasteiger partial charge on any atom is -0.309 e. The summed E-state index contributed by atoms with van der Waals surface area (Å²) in [6, 6.07) is 125. The van der Waals surface area contributed by atoms with Crippen LogP contribution in [-0.4, -0.2) is 29.5 Å². The average Bonchev–Trinajstić information content (AvgIpc) is 1.58. The first-order valence-electron chi connectivity index (χ1n) is 47.8. The summed E-state index contributed by atoms with van der Waals surface area (Å²) in [5.41, 5.74) is 43.6. The summed E-state index contributed by atoms with van der Waals surface area (Å²) in [6.45, 7) is 13.9. The Morgan fingerprint density at radius 3 is 1.09 bits per heavy atom. The highest BCUT2D eigenvalue weighted by atomic mass is 15.0. The Labute approximate surface area is 800 Å². The van der Waals surface area contributed by atoms with Crippen LogP contribution >= 0.6 is 0 Å². The molecule has 6 heterocycles. The molecule has 4 atom stereocenters. The number of allylic oxidation sites excluding steroid dienone is 12. The summed E-state index contributed by atoms with van der Waals surface area (Å²) >= 11 is 0. The van der Waals surface area contributed by atoms with E-state index >= 15 is 0 Å². The highest BCUT2D eigenvalue weighted by molar-refractivity contribution is 6.22. The Hall–Kier alpha value is -16.7. The molecule has 6 nitrogen and oxygen atoms in total. The van der Waals surface area contributed by atoms with Crippen LogP contribution in [0.25, 0.3) is 207 Å². The first-order valence-corrected chi connectivity index (χ1v) is 47.8. The standard InChI is InChI=1S/C49H38N2.C42H34N2.C40H26N2/c1-49(2,3)36-27-34-22-24-40-42(31-18-20-32(21-19-31)44-15-8-9-26-50-44)30-43(41-25-23-35(28-36)47(34)48(40)41)33-11-10-12-37(29-33)51-45-16-6-4-13-38(45)39-14-5-7-17-46(39)51;1-42(2,3)33-24-31-18-20-34-36(27-10-14-29(15-11-27)38-8-4-6-22-43-38)26-37(35-21-19-32(25-33)40(31)41(34)35)28-12-16-30(17-13-28)39-9-5-7-23-44-39;1-2-8-28(9-3-1)39-35-10-4-6-12-37(35)40(38-13-7-5-11-36(38)39)32-17-16-29-22-31(15-14-30(29)23-32)34-24-33(25-42-26-34)27-18-20-41-21-19-27/h4-30,35,47H,1-3H3;4-26,31,40H,1-3H3;1-26H. The fourth-order valence-corrected chi connectivity index (χ4v) is 21.9. The Bertz CT molecular complexity index is 8360. The molecule has 0 aliphatic heterocycles. The van der Waals surface area contributed by atoms with Crippen LogP contribution in [-0.2, 0) is 0 Å². The van der Waals surface area contributed by atoms with Crippen LogP contribution in [0.2, 0.25) is 0 Å². The van der Waals surface area contributed by atoms with E-state index in [1.165, 1.54) is 182 Å². The highest BCUT2D eigenvalue weighted by Gasteiger charge is 2.40. The zero-order valence-electron chi connectivity index (χ0n) is 77.4. The predicted molar refractivity (Wildman–Crippen MR) is 575 cm³/mol. The first-order chi connectivity index (χ1) is 67.2. The van der Waals surface area contributed by atoms with Gasteiger partial charge in [-0.2, -0.15) is 0 Å². The fraction of sp³-hybridized carbons (Fsp3) is 0.0916. The summed E-state index contributed by atoms with van der Waals surface area (Å²) in [5.74, 6) is 1.29. The van der Waals surface area contributed by atoms with Crippen molar-refractivity contribution in [2.75, 3.05) is 0 Å². The van der Waals surface area contributed by atoms with Crippen molar-refractivity contribution in [1.29, 1.82) is 0 Å². The van der Waals surface area contributed by atoms with Crippen molar-refractivity contribution in [1.82, 2.24) is 29.5 Å². The Balaban J connectivity index is 0.000000113. The summed E-state index contributed by atoms with van der Waals surface area (Å²) in [6.07, 6.45) is 42.2. The molecular formula is C131H98N6. The number of hydrogen-bond acceptors (Lipinski definition) is 5. The predicted octanol–water partition coefficient (Wildman–Crippen LogP) is 34.3. The van der Waals surface area contributed by atoms with Gasteiger partial charge in [-0.15, -0.1) is 0 Å². The molecule has 20 aromatic rings.